The zero-order chi connectivity index (χ0) is 25.4. The second-order valence-corrected chi connectivity index (χ2v) is 9.92. The van der Waals surface area contributed by atoms with Crippen LogP contribution in [0.25, 0.3) is 16.7 Å². The van der Waals surface area contributed by atoms with Gasteiger partial charge in [0.2, 0.25) is 5.91 Å². The Bertz CT molecular complexity index is 1670. The Balaban J connectivity index is 1.18. The average molecular weight is 530 g/mol. The van der Waals surface area contributed by atoms with Gasteiger partial charge in [-0.2, -0.15) is 5.10 Å². The number of hydrogen-bond donors (Lipinski definition) is 1. The molecule has 2 aromatic heterocycles. The van der Waals surface area contributed by atoms with Crippen molar-refractivity contribution in [2.45, 2.75) is 17.6 Å². The van der Waals surface area contributed by atoms with E-state index in [1.54, 1.807) is 45.6 Å². The van der Waals surface area contributed by atoms with Gasteiger partial charge in [-0.25, -0.2) is 9.67 Å². The van der Waals surface area contributed by atoms with Crippen LogP contribution in [0.4, 0.5) is 5.69 Å². The minimum Gasteiger partial charge on any atom is -0.457 e. The molecule has 37 heavy (non-hydrogen) atoms. The Morgan fingerprint density at radius 1 is 1.05 bits per heavy atom. The van der Waals surface area contributed by atoms with Crippen molar-refractivity contribution in [1.29, 1.82) is 0 Å². The van der Waals surface area contributed by atoms with Crippen LogP contribution >= 0.6 is 23.4 Å². The normalized spacial score (nSPS) is 14.5. The van der Waals surface area contributed by atoms with Crippen molar-refractivity contribution in [2.75, 3.05) is 11.1 Å². The minimum atomic E-state index is -0.306. The molecular formula is C27H20ClN5O3S. The summed E-state index contributed by atoms with van der Waals surface area (Å²) in [4.78, 5) is 30.9. The van der Waals surface area contributed by atoms with E-state index in [-0.39, 0.29) is 23.9 Å². The number of aromatic nitrogens is 4. The molecule has 1 aliphatic rings. The lowest BCUT2D eigenvalue weighted by Gasteiger charge is -2.14. The van der Waals surface area contributed by atoms with Crippen LogP contribution in [0.5, 0.6) is 11.5 Å². The molecule has 6 rings (SSSR count). The number of benzene rings is 3. The monoisotopic (exact) mass is 529 g/mol. The molecule has 0 radical (unpaired) electrons. The molecule has 3 aromatic carbocycles. The van der Waals surface area contributed by atoms with E-state index in [1.165, 1.54) is 18.0 Å². The summed E-state index contributed by atoms with van der Waals surface area (Å²) in [6, 6.07) is 23.6. The molecule has 0 fully saturated rings. The summed E-state index contributed by atoms with van der Waals surface area (Å²) in [6.07, 6.45) is 1.66. The standard InChI is InChI=1S/C27H20ClN5O3S/c28-17-5-4-6-19(13-17)33-25-23(15-29-33)26(35)32-20(16-37-27(32)31-25)14-24(34)30-18-9-11-22(12-10-18)36-21-7-2-1-3-8-21/h1-13,15,20H,14,16H2,(H,30,34). The molecule has 8 nitrogen and oxygen atoms in total. The number of halogens is 1. The molecule has 0 spiro atoms. The van der Waals surface area contributed by atoms with Crippen molar-refractivity contribution < 1.29 is 9.53 Å². The Labute approximate surface area is 220 Å². The van der Waals surface area contributed by atoms with Gasteiger partial charge in [-0.3, -0.25) is 14.2 Å². The third kappa shape index (κ3) is 4.71. The number of ether oxygens (including phenoxy) is 1. The largest absolute Gasteiger partial charge is 0.457 e. The van der Waals surface area contributed by atoms with Gasteiger partial charge in [-0.1, -0.05) is 47.6 Å². The maximum atomic E-state index is 13.4. The maximum absolute atomic E-state index is 13.4. The van der Waals surface area contributed by atoms with Gasteiger partial charge in [-0.15, -0.1) is 0 Å². The molecule has 0 bridgehead atoms. The first kappa shape index (κ1) is 23.3. The molecular weight excluding hydrogens is 510 g/mol. The number of carbonyl (C=O) groups is 1. The SMILES string of the molecule is O=C(CC1CSc2nc3c(cnn3-c3cccc(Cl)c3)c(=O)n21)Nc1ccc(Oc2ccccc2)cc1. The van der Waals surface area contributed by atoms with E-state index >= 15 is 0 Å². The van der Waals surface area contributed by atoms with E-state index < -0.39 is 0 Å². The highest BCUT2D eigenvalue weighted by molar-refractivity contribution is 7.99. The van der Waals surface area contributed by atoms with Gasteiger partial charge in [-0.05, 0) is 54.6 Å². The Morgan fingerprint density at radius 2 is 1.84 bits per heavy atom. The summed E-state index contributed by atoms with van der Waals surface area (Å²) in [5.41, 5.74) is 1.63. The fraction of sp³-hybridized carbons (Fsp3) is 0.111. The van der Waals surface area contributed by atoms with Crippen LogP contribution in [0.2, 0.25) is 5.02 Å². The Morgan fingerprint density at radius 3 is 2.62 bits per heavy atom. The maximum Gasteiger partial charge on any atom is 0.265 e. The van der Waals surface area contributed by atoms with Gasteiger partial charge in [0.05, 0.1) is 17.9 Å². The lowest BCUT2D eigenvalue weighted by molar-refractivity contribution is -0.116. The molecule has 1 amide bonds. The number of thioether (sulfide) groups is 1. The quantitative estimate of drug-likeness (QED) is 0.284. The first-order valence-corrected chi connectivity index (χ1v) is 12.9. The highest BCUT2D eigenvalue weighted by Crippen LogP contribution is 2.34. The lowest BCUT2D eigenvalue weighted by Crippen LogP contribution is -2.27. The van der Waals surface area contributed by atoms with Crippen LogP contribution in [-0.4, -0.2) is 31.0 Å². The Kier molecular flexibility index (Phi) is 6.15. The van der Waals surface area contributed by atoms with E-state index in [1.807, 2.05) is 42.5 Å². The van der Waals surface area contributed by atoms with Gasteiger partial charge < -0.3 is 10.1 Å². The van der Waals surface area contributed by atoms with Crippen molar-refractivity contribution in [3.8, 4) is 17.2 Å². The van der Waals surface area contributed by atoms with E-state index in [9.17, 15) is 9.59 Å². The van der Waals surface area contributed by atoms with E-state index in [0.29, 0.717) is 38.4 Å². The van der Waals surface area contributed by atoms with Gasteiger partial charge in [0.15, 0.2) is 10.8 Å². The summed E-state index contributed by atoms with van der Waals surface area (Å²) in [7, 11) is 0. The van der Waals surface area contributed by atoms with Crippen LogP contribution in [0.3, 0.4) is 0 Å². The number of anilines is 1. The first-order valence-electron chi connectivity index (χ1n) is 11.6. The zero-order valence-corrected chi connectivity index (χ0v) is 20.9. The second-order valence-electron chi connectivity index (χ2n) is 8.50. The van der Waals surface area contributed by atoms with Crippen molar-refractivity contribution in [3.63, 3.8) is 0 Å². The molecule has 1 atom stereocenters. The van der Waals surface area contributed by atoms with Crippen LogP contribution in [0, 0.1) is 0 Å². The molecule has 5 aromatic rings. The summed E-state index contributed by atoms with van der Waals surface area (Å²) in [6.45, 7) is 0. The van der Waals surface area contributed by atoms with Crippen molar-refractivity contribution >= 4 is 46.0 Å². The lowest BCUT2D eigenvalue weighted by atomic mass is 10.2. The highest BCUT2D eigenvalue weighted by atomic mass is 35.5. The van der Waals surface area contributed by atoms with E-state index in [0.717, 1.165) is 11.4 Å². The number of fused-ring (bicyclic) bond motifs is 2. The molecule has 0 saturated heterocycles. The van der Waals surface area contributed by atoms with E-state index in [4.69, 9.17) is 21.3 Å². The average Bonchev–Trinajstić information content (AvgIpc) is 3.51. The molecule has 1 unspecified atom stereocenters. The fourth-order valence-corrected chi connectivity index (χ4v) is 5.55. The summed E-state index contributed by atoms with van der Waals surface area (Å²) in [5, 5.41) is 8.81. The fourth-order valence-electron chi connectivity index (χ4n) is 4.23. The number of carbonyl (C=O) groups excluding carboxylic acids is 1. The third-order valence-electron chi connectivity index (χ3n) is 5.96. The van der Waals surface area contributed by atoms with Crippen molar-refractivity contribution in [2.24, 2.45) is 0 Å². The summed E-state index contributed by atoms with van der Waals surface area (Å²) < 4.78 is 9.01. The predicted molar refractivity (Wildman–Crippen MR) is 144 cm³/mol. The molecule has 0 aliphatic carbocycles. The molecule has 10 heteroatoms. The van der Waals surface area contributed by atoms with Gasteiger partial charge >= 0.3 is 0 Å². The number of nitrogens with zero attached hydrogens (tertiary/aromatic N) is 4. The molecule has 1 N–H and O–H groups in total. The molecule has 1 aliphatic heterocycles. The van der Waals surface area contributed by atoms with Gasteiger partial charge in [0, 0.05) is 22.9 Å². The second kappa shape index (κ2) is 9.76. The van der Waals surface area contributed by atoms with Gasteiger partial charge in [0.1, 0.15) is 16.9 Å². The van der Waals surface area contributed by atoms with Crippen LogP contribution in [0.15, 0.2) is 95.0 Å². The molecule has 3 heterocycles. The minimum absolute atomic E-state index is 0.151. The highest BCUT2D eigenvalue weighted by Gasteiger charge is 2.29. The van der Waals surface area contributed by atoms with Crippen molar-refractivity contribution in [1.82, 2.24) is 19.3 Å². The number of amides is 1. The summed E-state index contributed by atoms with van der Waals surface area (Å²) >= 11 is 7.58. The Hall–Kier alpha value is -4.08. The van der Waals surface area contributed by atoms with E-state index in [2.05, 4.69) is 10.4 Å². The predicted octanol–water partition coefficient (Wildman–Crippen LogP) is 5.70. The molecule has 0 saturated carbocycles. The topological polar surface area (TPSA) is 91.0 Å². The summed E-state index contributed by atoms with van der Waals surface area (Å²) in [5.74, 6) is 1.81. The number of hydrogen-bond acceptors (Lipinski definition) is 6. The number of rotatable bonds is 6. The zero-order valence-electron chi connectivity index (χ0n) is 19.4. The first-order chi connectivity index (χ1) is 18.0. The number of nitrogens with one attached hydrogen (secondary N) is 1. The van der Waals surface area contributed by atoms with Crippen LogP contribution in [-0.2, 0) is 4.79 Å². The smallest absolute Gasteiger partial charge is 0.265 e. The number of para-hydroxylation sites is 1. The third-order valence-corrected chi connectivity index (χ3v) is 7.29. The molecule has 184 valence electrons. The van der Waals surface area contributed by atoms with Crippen LogP contribution in [0.1, 0.15) is 12.5 Å². The van der Waals surface area contributed by atoms with Crippen molar-refractivity contribution in [3.05, 3.63) is 100 Å². The van der Waals surface area contributed by atoms with Gasteiger partial charge in [0.25, 0.3) is 5.56 Å². The van der Waals surface area contributed by atoms with Crippen LogP contribution < -0.4 is 15.6 Å².